The molecule has 1 saturated heterocycles. The lowest BCUT2D eigenvalue weighted by Gasteiger charge is -2.30. The molecule has 1 aliphatic heterocycles. The fourth-order valence-corrected chi connectivity index (χ4v) is 4.95. The zero-order chi connectivity index (χ0) is 14.5. The number of thioether (sulfide) groups is 1. The van der Waals surface area contributed by atoms with Crippen LogP contribution in [0.5, 0.6) is 0 Å². The third-order valence-corrected chi connectivity index (χ3v) is 6.20. The van der Waals surface area contributed by atoms with Crippen LogP contribution in [0.3, 0.4) is 0 Å². The molecule has 1 N–H and O–H groups in total. The summed E-state index contributed by atoms with van der Waals surface area (Å²) in [5, 5.41) is 4.57. The Morgan fingerprint density at radius 3 is 2.76 bits per heavy atom. The molecule has 0 spiro atoms. The Balaban J connectivity index is 1.56. The Labute approximate surface area is 133 Å². The van der Waals surface area contributed by atoms with Crippen LogP contribution in [0.15, 0.2) is 29.2 Å². The molecule has 3 rings (SSSR count). The lowest BCUT2D eigenvalue weighted by molar-refractivity contribution is 0.217. The number of piperidine rings is 1. The number of anilines is 1. The number of nitrogens with zero attached hydrogens (tertiary/aromatic N) is 1. The minimum atomic E-state index is 0.799. The van der Waals surface area contributed by atoms with Crippen LogP contribution in [0.2, 0.25) is 0 Å². The highest BCUT2D eigenvalue weighted by Gasteiger charge is 2.19. The normalized spacial score (nSPS) is 24.3. The van der Waals surface area contributed by atoms with E-state index in [4.69, 9.17) is 0 Å². The van der Waals surface area contributed by atoms with Crippen molar-refractivity contribution in [3.05, 3.63) is 24.3 Å². The summed E-state index contributed by atoms with van der Waals surface area (Å²) < 4.78 is 0. The molecule has 1 atom stereocenters. The van der Waals surface area contributed by atoms with Gasteiger partial charge >= 0.3 is 0 Å². The molecule has 1 saturated carbocycles. The number of benzene rings is 1. The van der Waals surface area contributed by atoms with Crippen molar-refractivity contribution in [3.63, 3.8) is 0 Å². The SMILES string of the molecule is CN1CCCC(CNc2ccccc2SC2CCCC2)C1. The van der Waals surface area contributed by atoms with Crippen LogP contribution in [0, 0.1) is 5.92 Å². The molecule has 0 aromatic heterocycles. The molecule has 2 nitrogen and oxygen atoms in total. The van der Waals surface area contributed by atoms with Gasteiger partial charge in [0.2, 0.25) is 0 Å². The van der Waals surface area contributed by atoms with Crippen LogP contribution in [0.25, 0.3) is 0 Å². The molecule has 3 heteroatoms. The molecule has 116 valence electrons. The fraction of sp³-hybridized carbons (Fsp3) is 0.667. The summed E-state index contributed by atoms with van der Waals surface area (Å²) >= 11 is 2.09. The first-order valence-corrected chi connectivity index (χ1v) is 9.37. The van der Waals surface area contributed by atoms with E-state index in [-0.39, 0.29) is 0 Å². The maximum Gasteiger partial charge on any atom is 0.0478 e. The average molecular weight is 305 g/mol. The second-order valence-corrected chi connectivity index (χ2v) is 8.01. The maximum absolute atomic E-state index is 3.73. The molecule has 2 fully saturated rings. The third-order valence-electron chi connectivity index (χ3n) is 4.79. The minimum Gasteiger partial charge on any atom is -0.384 e. The molecule has 1 aliphatic carbocycles. The van der Waals surface area contributed by atoms with E-state index in [0.717, 1.165) is 17.7 Å². The van der Waals surface area contributed by atoms with Crippen molar-refractivity contribution < 1.29 is 0 Å². The van der Waals surface area contributed by atoms with Gasteiger partial charge in [-0.2, -0.15) is 0 Å². The lowest BCUT2D eigenvalue weighted by atomic mass is 9.98. The first-order chi connectivity index (χ1) is 10.3. The summed E-state index contributed by atoms with van der Waals surface area (Å²) in [5.41, 5.74) is 1.35. The van der Waals surface area contributed by atoms with E-state index in [1.54, 1.807) is 0 Å². The van der Waals surface area contributed by atoms with Gasteiger partial charge in [-0.05, 0) is 57.3 Å². The van der Waals surface area contributed by atoms with Crippen molar-refractivity contribution in [2.45, 2.75) is 48.7 Å². The smallest absolute Gasteiger partial charge is 0.0478 e. The van der Waals surface area contributed by atoms with Crippen LogP contribution in [-0.4, -0.2) is 36.8 Å². The molecule has 1 aromatic carbocycles. The molecule has 0 radical (unpaired) electrons. The Kier molecular flexibility index (Phi) is 5.48. The summed E-state index contributed by atoms with van der Waals surface area (Å²) in [6.45, 7) is 3.63. The van der Waals surface area contributed by atoms with E-state index in [1.165, 1.54) is 62.2 Å². The second kappa shape index (κ2) is 7.55. The predicted octanol–water partition coefficient (Wildman–Crippen LogP) is 4.48. The third kappa shape index (κ3) is 4.40. The largest absolute Gasteiger partial charge is 0.384 e. The van der Waals surface area contributed by atoms with Gasteiger partial charge in [0.25, 0.3) is 0 Å². The average Bonchev–Trinajstić information content (AvgIpc) is 2.99. The molecule has 1 unspecified atom stereocenters. The number of likely N-dealkylation sites (tertiary alicyclic amines) is 1. The summed E-state index contributed by atoms with van der Waals surface area (Å²) in [7, 11) is 2.25. The Hall–Kier alpha value is -0.670. The molecule has 1 heterocycles. The van der Waals surface area contributed by atoms with Crippen LogP contribution in [-0.2, 0) is 0 Å². The number of rotatable bonds is 5. The van der Waals surface area contributed by atoms with Crippen molar-refractivity contribution in [3.8, 4) is 0 Å². The molecule has 21 heavy (non-hydrogen) atoms. The van der Waals surface area contributed by atoms with Crippen LogP contribution in [0.4, 0.5) is 5.69 Å². The Bertz CT molecular complexity index is 443. The second-order valence-electron chi connectivity index (χ2n) is 6.67. The highest BCUT2D eigenvalue weighted by Crippen LogP contribution is 2.38. The van der Waals surface area contributed by atoms with Crippen molar-refractivity contribution in [2.75, 3.05) is 32.0 Å². The molecule has 1 aromatic rings. The van der Waals surface area contributed by atoms with Gasteiger partial charge in [0.15, 0.2) is 0 Å². The van der Waals surface area contributed by atoms with Gasteiger partial charge in [-0.15, -0.1) is 11.8 Å². The van der Waals surface area contributed by atoms with E-state index >= 15 is 0 Å². The van der Waals surface area contributed by atoms with Gasteiger partial charge in [-0.3, -0.25) is 0 Å². The quantitative estimate of drug-likeness (QED) is 0.863. The van der Waals surface area contributed by atoms with Crippen molar-refractivity contribution in [2.24, 2.45) is 5.92 Å². The monoisotopic (exact) mass is 304 g/mol. The first-order valence-electron chi connectivity index (χ1n) is 8.49. The van der Waals surface area contributed by atoms with Crippen molar-refractivity contribution in [1.29, 1.82) is 0 Å². The predicted molar refractivity (Wildman–Crippen MR) is 93.3 cm³/mol. The van der Waals surface area contributed by atoms with E-state index in [9.17, 15) is 0 Å². The minimum absolute atomic E-state index is 0.799. The van der Waals surface area contributed by atoms with Crippen molar-refractivity contribution >= 4 is 17.4 Å². The van der Waals surface area contributed by atoms with Crippen LogP contribution >= 0.6 is 11.8 Å². The van der Waals surface area contributed by atoms with Gasteiger partial charge in [0.05, 0.1) is 0 Å². The highest BCUT2D eigenvalue weighted by atomic mass is 32.2. The van der Waals surface area contributed by atoms with Gasteiger partial charge in [-0.25, -0.2) is 0 Å². The summed E-state index contributed by atoms with van der Waals surface area (Å²) in [4.78, 5) is 3.92. The van der Waals surface area contributed by atoms with Gasteiger partial charge in [-0.1, -0.05) is 25.0 Å². The van der Waals surface area contributed by atoms with E-state index in [0.29, 0.717) is 0 Å². The zero-order valence-corrected chi connectivity index (χ0v) is 14.0. The lowest BCUT2D eigenvalue weighted by Crippen LogP contribution is -2.35. The zero-order valence-electron chi connectivity index (χ0n) is 13.2. The number of nitrogens with one attached hydrogen (secondary N) is 1. The van der Waals surface area contributed by atoms with Crippen LogP contribution < -0.4 is 5.32 Å². The van der Waals surface area contributed by atoms with Crippen molar-refractivity contribution in [1.82, 2.24) is 4.90 Å². The summed E-state index contributed by atoms with van der Waals surface area (Å²) in [5.74, 6) is 0.799. The van der Waals surface area contributed by atoms with E-state index in [1.807, 2.05) is 0 Å². The molecule has 2 aliphatic rings. The highest BCUT2D eigenvalue weighted by molar-refractivity contribution is 8.00. The van der Waals surface area contributed by atoms with Gasteiger partial charge in [0, 0.05) is 28.9 Å². The Morgan fingerprint density at radius 1 is 1.14 bits per heavy atom. The summed E-state index contributed by atoms with van der Waals surface area (Å²) in [6.07, 6.45) is 8.35. The van der Waals surface area contributed by atoms with E-state index < -0.39 is 0 Å². The fourth-order valence-electron chi connectivity index (χ4n) is 3.60. The first kappa shape index (κ1) is 15.2. The molecular weight excluding hydrogens is 276 g/mol. The number of hydrogen-bond acceptors (Lipinski definition) is 3. The van der Waals surface area contributed by atoms with Crippen LogP contribution in [0.1, 0.15) is 38.5 Å². The van der Waals surface area contributed by atoms with Gasteiger partial charge < -0.3 is 10.2 Å². The van der Waals surface area contributed by atoms with Gasteiger partial charge in [0.1, 0.15) is 0 Å². The topological polar surface area (TPSA) is 15.3 Å². The van der Waals surface area contributed by atoms with E-state index in [2.05, 4.69) is 53.3 Å². The molecular formula is C18H28N2S. The maximum atomic E-state index is 3.73. The number of hydrogen-bond donors (Lipinski definition) is 1. The number of para-hydroxylation sites is 1. The molecule has 0 bridgehead atoms. The summed E-state index contributed by atoms with van der Waals surface area (Å²) in [6, 6.07) is 8.88. The standard InChI is InChI=1S/C18H28N2S/c1-20-12-6-7-15(14-20)13-19-17-10-4-5-11-18(17)21-16-8-2-3-9-16/h4-5,10-11,15-16,19H,2-3,6-9,12-14H2,1H3. The Morgan fingerprint density at radius 2 is 1.95 bits per heavy atom. The molecule has 0 amide bonds.